The lowest BCUT2D eigenvalue weighted by molar-refractivity contribution is -0.0500. The first-order chi connectivity index (χ1) is 14.1. The van der Waals surface area contributed by atoms with E-state index in [1.165, 1.54) is 12.1 Å². The van der Waals surface area contributed by atoms with Crippen molar-refractivity contribution in [3.05, 3.63) is 52.7 Å². The normalized spacial score (nSPS) is 17.3. The summed E-state index contributed by atoms with van der Waals surface area (Å²) in [6.45, 7) is 2.97. The summed E-state index contributed by atoms with van der Waals surface area (Å²) < 4.78 is 66.0. The molecular weight excluding hydrogens is 421 g/mol. The van der Waals surface area contributed by atoms with Crippen molar-refractivity contribution in [2.45, 2.75) is 12.1 Å². The SMILES string of the molecule is CN1CCN(c2cc(OS(=O)(=O)C(F)(F)F)cc3c2=Nc2ccccc2CN=3)CC1. The van der Waals surface area contributed by atoms with Crippen LogP contribution in [0, 0.1) is 0 Å². The molecular formula is C19H19F3N4O3S. The molecule has 0 aromatic heterocycles. The maximum Gasteiger partial charge on any atom is 0.534 e. The minimum absolute atomic E-state index is 0.268. The molecule has 30 heavy (non-hydrogen) atoms. The van der Waals surface area contributed by atoms with Gasteiger partial charge < -0.3 is 14.0 Å². The van der Waals surface area contributed by atoms with Crippen LogP contribution in [0.15, 0.2) is 46.4 Å². The van der Waals surface area contributed by atoms with E-state index in [4.69, 9.17) is 4.99 Å². The predicted octanol–water partition coefficient (Wildman–Crippen LogP) is 1.75. The highest BCUT2D eigenvalue weighted by molar-refractivity contribution is 7.88. The van der Waals surface area contributed by atoms with E-state index in [-0.39, 0.29) is 11.9 Å². The molecule has 2 heterocycles. The molecule has 0 spiro atoms. The van der Waals surface area contributed by atoms with Crippen molar-refractivity contribution in [3.63, 3.8) is 0 Å². The molecule has 0 amide bonds. The zero-order valence-corrected chi connectivity index (χ0v) is 16.9. The number of anilines is 1. The molecule has 0 bridgehead atoms. The van der Waals surface area contributed by atoms with E-state index in [2.05, 4.69) is 14.1 Å². The molecule has 2 aromatic rings. The van der Waals surface area contributed by atoms with Gasteiger partial charge in [-0.1, -0.05) is 18.2 Å². The molecule has 0 unspecified atom stereocenters. The summed E-state index contributed by atoms with van der Waals surface area (Å²) in [5, 5.41) is 0.774. The zero-order chi connectivity index (χ0) is 21.5. The van der Waals surface area contributed by atoms with E-state index >= 15 is 0 Å². The third kappa shape index (κ3) is 3.99. The fourth-order valence-electron chi connectivity index (χ4n) is 3.37. The van der Waals surface area contributed by atoms with Crippen molar-refractivity contribution in [1.82, 2.24) is 4.90 Å². The molecule has 0 aliphatic carbocycles. The van der Waals surface area contributed by atoms with E-state index in [0.29, 0.717) is 29.8 Å². The van der Waals surface area contributed by atoms with Gasteiger partial charge in [0.05, 0.1) is 23.3 Å². The fraction of sp³-hybridized carbons (Fsp3) is 0.368. The molecule has 2 aromatic carbocycles. The molecule has 0 radical (unpaired) electrons. The van der Waals surface area contributed by atoms with Crippen molar-refractivity contribution < 1.29 is 25.8 Å². The van der Waals surface area contributed by atoms with E-state index in [9.17, 15) is 21.6 Å². The number of benzene rings is 2. The van der Waals surface area contributed by atoms with Crippen molar-refractivity contribution in [2.75, 3.05) is 38.1 Å². The highest BCUT2D eigenvalue weighted by atomic mass is 32.2. The van der Waals surface area contributed by atoms with Crippen LogP contribution >= 0.6 is 0 Å². The molecule has 7 nitrogen and oxygen atoms in total. The monoisotopic (exact) mass is 440 g/mol. The summed E-state index contributed by atoms with van der Waals surface area (Å²) in [4.78, 5) is 13.3. The second-order valence-electron chi connectivity index (χ2n) is 7.14. The largest absolute Gasteiger partial charge is 0.534 e. The van der Waals surface area contributed by atoms with Gasteiger partial charge in [0, 0.05) is 38.3 Å². The van der Waals surface area contributed by atoms with E-state index in [1.54, 1.807) is 0 Å². The van der Waals surface area contributed by atoms with Crippen molar-refractivity contribution in [1.29, 1.82) is 0 Å². The molecule has 11 heteroatoms. The first kappa shape index (κ1) is 20.6. The average Bonchev–Trinajstić information content (AvgIpc) is 2.86. The lowest BCUT2D eigenvalue weighted by Gasteiger charge is -2.34. The van der Waals surface area contributed by atoms with Crippen LogP contribution in [0.3, 0.4) is 0 Å². The molecule has 1 saturated heterocycles. The molecule has 160 valence electrons. The Morgan fingerprint density at radius 1 is 1.07 bits per heavy atom. The van der Waals surface area contributed by atoms with Crippen LogP contribution in [0.25, 0.3) is 0 Å². The zero-order valence-electron chi connectivity index (χ0n) is 16.1. The Bertz CT molecular complexity index is 1190. The van der Waals surface area contributed by atoms with Gasteiger partial charge in [-0.2, -0.15) is 21.6 Å². The van der Waals surface area contributed by atoms with Crippen LogP contribution in [0.5, 0.6) is 5.75 Å². The summed E-state index contributed by atoms with van der Waals surface area (Å²) >= 11 is 0. The number of fused-ring (bicyclic) bond motifs is 2. The minimum atomic E-state index is -5.80. The van der Waals surface area contributed by atoms with Crippen LogP contribution in [-0.2, 0) is 16.7 Å². The van der Waals surface area contributed by atoms with Gasteiger partial charge in [-0.25, -0.2) is 4.99 Å². The van der Waals surface area contributed by atoms with Crippen LogP contribution < -0.4 is 19.8 Å². The van der Waals surface area contributed by atoms with Gasteiger partial charge in [-0.05, 0) is 18.7 Å². The van der Waals surface area contributed by atoms with Crippen molar-refractivity contribution in [2.24, 2.45) is 9.98 Å². The predicted molar refractivity (Wildman–Crippen MR) is 104 cm³/mol. The van der Waals surface area contributed by atoms with E-state index in [0.717, 1.165) is 18.7 Å². The van der Waals surface area contributed by atoms with Gasteiger partial charge >= 0.3 is 15.6 Å². The number of likely N-dealkylation sites (N-methyl/N-ethyl adjacent to an activating group) is 1. The molecule has 0 saturated carbocycles. The summed E-state index contributed by atoms with van der Waals surface area (Å²) in [5.74, 6) is -0.440. The third-order valence-corrected chi connectivity index (χ3v) is 6.00. The van der Waals surface area contributed by atoms with Crippen molar-refractivity contribution in [3.8, 4) is 5.75 Å². The minimum Gasteiger partial charge on any atom is -0.376 e. The Kier molecular flexibility index (Phi) is 5.18. The van der Waals surface area contributed by atoms with Gasteiger partial charge in [-0.3, -0.25) is 4.99 Å². The summed E-state index contributed by atoms with van der Waals surface area (Å²) in [6, 6.07) is 9.89. The number of alkyl halides is 3. The number of hydrogen-bond donors (Lipinski definition) is 0. The maximum absolute atomic E-state index is 12.8. The summed E-state index contributed by atoms with van der Waals surface area (Å²) in [5.41, 5.74) is -3.45. The lowest BCUT2D eigenvalue weighted by Crippen LogP contribution is -2.47. The number of piperazine rings is 1. The highest BCUT2D eigenvalue weighted by Gasteiger charge is 2.48. The molecule has 2 aliphatic rings. The quantitative estimate of drug-likeness (QED) is 0.537. The first-order valence-electron chi connectivity index (χ1n) is 9.23. The second-order valence-corrected chi connectivity index (χ2v) is 8.68. The van der Waals surface area contributed by atoms with Crippen LogP contribution in [0.1, 0.15) is 5.56 Å². The number of para-hydroxylation sites is 1. The van der Waals surface area contributed by atoms with Gasteiger partial charge in [0.25, 0.3) is 0 Å². The van der Waals surface area contributed by atoms with Gasteiger partial charge in [0.2, 0.25) is 0 Å². The Labute approximate surface area is 171 Å². The fourth-order valence-corrected chi connectivity index (χ4v) is 3.81. The number of rotatable bonds is 3. The van der Waals surface area contributed by atoms with Gasteiger partial charge in [0.15, 0.2) is 0 Å². The van der Waals surface area contributed by atoms with E-state index < -0.39 is 21.4 Å². The summed E-state index contributed by atoms with van der Waals surface area (Å²) in [6.07, 6.45) is 0. The number of nitrogens with zero attached hydrogens (tertiary/aromatic N) is 4. The van der Waals surface area contributed by atoms with Crippen LogP contribution in [-0.4, -0.2) is 52.1 Å². The van der Waals surface area contributed by atoms with Gasteiger partial charge in [-0.15, -0.1) is 0 Å². The molecule has 1 fully saturated rings. The Hall–Kier alpha value is -2.66. The third-order valence-electron chi connectivity index (χ3n) is 5.02. The van der Waals surface area contributed by atoms with Crippen LogP contribution in [0.4, 0.5) is 24.5 Å². The Balaban J connectivity index is 1.88. The Morgan fingerprint density at radius 3 is 2.47 bits per heavy atom. The number of halogens is 3. The standard InChI is InChI=1S/C19H19F3N4O3S/c1-25-6-8-26(9-7-25)17-11-14(29-30(27,28)19(20,21)22)10-16-18(17)24-15-5-3-2-4-13(15)12-23-16/h2-5,10-11H,6-9,12H2,1H3. The summed E-state index contributed by atoms with van der Waals surface area (Å²) in [7, 11) is -3.82. The van der Waals surface area contributed by atoms with Crippen LogP contribution in [0.2, 0.25) is 0 Å². The second kappa shape index (κ2) is 7.55. The molecule has 0 N–H and O–H groups in total. The smallest absolute Gasteiger partial charge is 0.376 e. The molecule has 0 atom stereocenters. The van der Waals surface area contributed by atoms with E-state index in [1.807, 2.05) is 36.2 Å². The lowest BCUT2D eigenvalue weighted by atomic mass is 10.2. The molecule has 2 aliphatic heterocycles. The first-order valence-corrected chi connectivity index (χ1v) is 10.6. The van der Waals surface area contributed by atoms with Crippen molar-refractivity contribution >= 4 is 21.5 Å². The topological polar surface area (TPSA) is 74.6 Å². The average molecular weight is 440 g/mol. The number of hydrogen-bond acceptors (Lipinski definition) is 7. The highest BCUT2D eigenvalue weighted by Crippen LogP contribution is 2.28. The molecule has 4 rings (SSSR count). The Morgan fingerprint density at radius 2 is 1.77 bits per heavy atom. The maximum atomic E-state index is 12.8. The van der Waals surface area contributed by atoms with Gasteiger partial charge in [0.1, 0.15) is 11.1 Å².